The number of hydrogen-bond donors (Lipinski definition) is 3. The second kappa shape index (κ2) is 63.6. The van der Waals surface area contributed by atoms with Crippen molar-refractivity contribution in [3.8, 4) is 0 Å². The minimum absolute atomic E-state index is 0.00480. The lowest BCUT2D eigenvalue weighted by Crippen LogP contribution is -2.45. The van der Waals surface area contributed by atoms with Gasteiger partial charge in [-0.1, -0.05) is 301 Å². The fraction of sp³-hybridized carbons (Fsp3) is 0.882. The topological polar surface area (TPSA) is 95.9 Å². The molecular weight excluding hydrogens is 911 g/mol. The van der Waals surface area contributed by atoms with Gasteiger partial charge in [0.05, 0.1) is 25.4 Å². The summed E-state index contributed by atoms with van der Waals surface area (Å²) in [5.74, 6) is -0.0626. The third-order valence-electron chi connectivity index (χ3n) is 15.4. The molecule has 0 rings (SSSR count). The third-order valence-corrected chi connectivity index (χ3v) is 15.4. The Morgan fingerprint density at radius 3 is 0.973 bits per heavy atom. The molecule has 0 radical (unpaired) electrons. The molecule has 0 aliphatic carbocycles. The van der Waals surface area contributed by atoms with Gasteiger partial charge in [0.15, 0.2) is 0 Å². The zero-order valence-corrected chi connectivity index (χ0v) is 49.8. The average Bonchev–Trinajstić information content (AvgIpc) is 3.40. The number of rotatable bonds is 62. The molecule has 2 unspecified atom stereocenters. The largest absolute Gasteiger partial charge is 0.466 e. The summed E-state index contributed by atoms with van der Waals surface area (Å²) >= 11 is 0. The second-order valence-corrected chi connectivity index (χ2v) is 22.8. The quantitative estimate of drug-likeness (QED) is 0.0320. The maximum absolute atomic E-state index is 12.5. The van der Waals surface area contributed by atoms with Crippen LogP contribution in [-0.2, 0) is 14.3 Å². The Labute approximate surface area is 462 Å². The summed E-state index contributed by atoms with van der Waals surface area (Å²) < 4.78 is 5.47. The van der Waals surface area contributed by atoms with Gasteiger partial charge in [0.2, 0.25) is 5.91 Å². The van der Waals surface area contributed by atoms with E-state index < -0.39 is 12.1 Å². The molecule has 0 aromatic rings. The molecule has 0 aromatic carbocycles. The van der Waals surface area contributed by atoms with Crippen LogP contribution in [0, 0.1) is 0 Å². The summed E-state index contributed by atoms with van der Waals surface area (Å²) in [7, 11) is 0. The van der Waals surface area contributed by atoms with Gasteiger partial charge in [-0.05, 0) is 83.5 Å². The molecular formula is C68H129NO5. The minimum Gasteiger partial charge on any atom is -0.466 e. The van der Waals surface area contributed by atoms with Gasteiger partial charge in [0.25, 0.3) is 0 Å². The predicted molar refractivity (Wildman–Crippen MR) is 324 cm³/mol. The summed E-state index contributed by atoms with van der Waals surface area (Å²) in [6.07, 6.45) is 80.6. The highest BCUT2D eigenvalue weighted by atomic mass is 16.5. The van der Waals surface area contributed by atoms with E-state index in [9.17, 15) is 19.8 Å². The molecule has 0 aromatic heterocycles. The first-order chi connectivity index (χ1) is 36.5. The SMILES string of the molecule is CCCCCC/C=C\CCCCCCCC(=O)OCCCCCCCCCCCCCC/C=C\CCCCCCCCCCCCC(=O)NC(CO)C(O)/C=C/CCCCCCCCCCCCCCCCCC. The molecule has 0 heterocycles. The molecule has 0 saturated heterocycles. The van der Waals surface area contributed by atoms with E-state index in [1.165, 1.54) is 289 Å². The van der Waals surface area contributed by atoms with Gasteiger partial charge in [-0.3, -0.25) is 9.59 Å². The number of esters is 1. The van der Waals surface area contributed by atoms with Crippen LogP contribution in [0.25, 0.3) is 0 Å². The third kappa shape index (κ3) is 59.3. The fourth-order valence-electron chi connectivity index (χ4n) is 10.3. The Morgan fingerprint density at radius 1 is 0.365 bits per heavy atom. The van der Waals surface area contributed by atoms with Crippen LogP contribution >= 0.6 is 0 Å². The standard InChI is InChI=1S/C68H129NO5/c1-3-5-7-9-11-13-15-17-18-19-30-33-37-40-44-48-52-56-60-66(71)65(64-70)69-67(72)61-57-53-49-45-41-38-34-31-28-26-24-22-20-21-23-25-27-29-32-35-39-43-47-51-55-59-63-74-68(73)62-58-54-50-46-42-36-16-14-12-10-8-6-4-2/h14,16,20,22,56,60,65-66,70-71H,3-13,15,17-19,21,23-55,57-59,61-64H2,1-2H3,(H,69,72)/b16-14-,22-20-,60-56+. The Morgan fingerprint density at radius 2 is 0.635 bits per heavy atom. The summed E-state index contributed by atoms with van der Waals surface area (Å²) in [5, 5.41) is 23.2. The molecule has 0 spiro atoms. The van der Waals surface area contributed by atoms with Crippen molar-refractivity contribution in [1.29, 1.82) is 0 Å². The lowest BCUT2D eigenvalue weighted by Gasteiger charge is -2.20. The summed E-state index contributed by atoms with van der Waals surface area (Å²) in [4.78, 5) is 24.5. The zero-order chi connectivity index (χ0) is 53.6. The molecule has 0 saturated carbocycles. The highest BCUT2D eigenvalue weighted by molar-refractivity contribution is 5.76. The number of carbonyl (C=O) groups excluding carboxylic acids is 2. The smallest absolute Gasteiger partial charge is 0.305 e. The number of allylic oxidation sites excluding steroid dienone is 5. The molecule has 74 heavy (non-hydrogen) atoms. The van der Waals surface area contributed by atoms with E-state index in [-0.39, 0.29) is 18.5 Å². The van der Waals surface area contributed by atoms with E-state index in [2.05, 4.69) is 43.5 Å². The second-order valence-electron chi connectivity index (χ2n) is 22.8. The van der Waals surface area contributed by atoms with Crippen molar-refractivity contribution in [2.45, 2.75) is 373 Å². The highest BCUT2D eigenvalue weighted by Crippen LogP contribution is 2.18. The van der Waals surface area contributed by atoms with Gasteiger partial charge in [0.1, 0.15) is 0 Å². The number of unbranched alkanes of at least 4 members (excludes halogenated alkanes) is 47. The first-order valence-corrected chi connectivity index (χ1v) is 33.3. The molecule has 0 fully saturated rings. The van der Waals surface area contributed by atoms with Crippen molar-refractivity contribution in [3.63, 3.8) is 0 Å². The van der Waals surface area contributed by atoms with E-state index in [1.807, 2.05) is 6.08 Å². The first kappa shape index (κ1) is 72.1. The Kier molecular flexibility index (Phi) is 62.0. The first-order valence-electron chi connectivity index (χ1n) is 33.3. The van der Waals surface area contributed by atoms with Gasteiger partial charge in [-0.25, -0.2) is 0 Å². The van der Waals surface area contributed by atoms with Crippen molar-refractivity contribution in [1.82, 2.24) is 5.32 Å². The van der Waals surface area contributed by atoms with E-state index in [0.29, 0.717) is 19.4 Å². The van der Waals surface area contributed by atoms with Crippen molar-refractivity contribution in [3.05, 3.63) is 36.5 Å². The molecule has 0 aliphatic rings. The minimum atomic E-state index is -0.846. The van der Waals surface area contributed by atoms with Crippen molar-refractivity contribution >= 4 is 11.9 Å². The van der Waals surface area contributed by atoms with Gasteiger partial charge < -0.3 is 20.3 Å². The van der Waals surface area contributed by atoms with Crippen LogP contribution < -0.4 is 5.32 Å². The number of nitrogens with one attached hydrogen (secondary N) is 1. The van der Waals surface area contributed by atoms with Crippen LogP contribution in [0.3, 0.4) is 0 Å². The predicted octanol–water partition coefficient (Wildman–Crippen LogP) is 21.1. The molecule has 0 aliphatic heterocycles. The molecule has 0 bridgehead atoms. The zero-order valence-electron chi connectivity index (χ0n) is 49.8. The Bertz CT molecular complexity index is 1200. The van der Waals surface area contributed by atoms with Crippen molar-refractivity contribution in [2.75, 3.05) is 13.2 Å². The highest BCUT2D eigenvalue weighted by Gasteiger charge is 2.18. The lowest BCUT2D eigenvalue weighted by atomic mass is 10.0. The van der Waals surface area contributed by atoms with Crippen LogP contribution in [0.1, 0.15) is 361 Å². The monoisotopic (exact) mass is 1040 g/mol. The average molecular weight is 1040 g/mol. The van der Waals surface area contributed by atoms with Crippen LogP contribution in [0.2, 0.25) is 0 Å². The molecule has 6 heteroatoms. The fourth-order valence-corrected chi connectivity index (χ4v) is 10.3. The van der Waals surface area contributed by atoms with Crippen LogP contribution in [-0.4, -0.2) is 47.4 Å². The number of aliphatic hydroxyl groups excluding tert-OH is 2. The number of carbonyl (C=O) groups is 2. The molecule has 2 atom stereocenters. The van der Waals surface area contributed by atoms with E-state index in [4.69, 9.17) is 4.74 Å². The number of amides is 1. The van der Waals surface area contributed by atoms with Gasteiger partial charge in [-0.15, -0.1) is 0 Å². The lowest BCUT2D eigenvalue weighted by molar-refractivity contribution is -0.143. The number of ether oxygens (including phenoxy) is 1. The van der Waals surface area contributed by atoms with Gasteiger partial charge in [-0.2, -0.15) is 0 Å². The van der Waals surface area contributed by atoms with E-state index in [1.54, 1.807) is 6.08 Å². The maximum atomic E-state index is 12.5. The van der Waals surface area contributed by atoms with Crippen LogP contribution in [0.5, 0.6) is 0 Å². The molecule has 1 amide bonds. The summed E-state index contributed by atoms with van der Waals surface area (Å²) in [6.45, 7) is 4.91. The maximum Gasteiger partial charge on any atom is 0.305 e. The Balaban J connectivity index is 3.42. The normalized spacial score (nSPS) is 12.8. The number of aliphatic hydroxyl groups is 2. The van der Waals surface area contributed by atoms with Gasteiger partial charge in [0, 0.05) is 12.8 Å². The summed E-state index contributed by atoms with van der Waals surface area (Å²) in [5.41, 5.74) is 0. The van der Waals surface area contributed by atoms with E-state index >= 15 is 0 Å². The molecule has 3 N–H and O–H groups in total. The van der Waals surface area contributed by atoms with Gasteiger partial charge >= 0.3 is 5.97 Å². The molecule has 6 nitrogen and oxygen atoms in total. The van der Waals surface area contributed by atoms with Crippen LogP contribution in [0.4, 0.5) is 0 Å². The van der Waals surface area contributed by atoms with Crippen molar-refractivity contribution in [2.24, 2.45) is 0 Å². The van der Waals surface area contributed by atoms with Crippen LogP contribution in [0.15, 0.2) is 36.5 Å². The Hall–Kier alpha value is -1.92. The number of hydrogen-bond acceptors (Lipinski definition) is 5. The van der Waals surface area contributed by atoms with E-state index in [0.717, 1.165) is 44.9 Å². The summed E-state index contributed by atoms with van der Waals surface area (Å²) in [6, 6.07) is -0.630. The van der Waals surface area contributed by atoms with Crippen molar-refractivity contribution < 1.29 is 24.5 Å². The molecule has 436 valence electrons.